The van der Waals surface area contributed by atoms with Gasteiger partial charge in [-0.05, 0) is 18.9 Å². The SMILES string of the molecule is CCCCCCCCCCCCCCc1cc(C)cc(C)[n+]1CCO.F[P-](F)(F)(F)(F)F. The molecule has 1 heterocycles. The van der Waals surface area contributed by atoms with E-state index in [1.54, 1.807) is 0 Å². The Morgan fingerprint density at radius 2 is 1.12 bits per heavy atom. The molecule has 0 aliphatic heterocycles. The molecule has 0 aliphatic rings. The maximum absolute atomic E-state index is 10.7. The first kappa shape index (κ1) is 31.1. The molecule has 0 bridgehead atoms. The van der Waals surface area contributed by atoms with E-state index in [0.29, 0.717) is 0 Å². The molecule has 1 aromatic heterocycles. The Bertz CT molecular complexity index is 638. The van der Waals surface area contributed by atoms with Crippen LogP contribution in [-0.2, 0) is 13.0 Å². The third-order valence-electron chi connectivity index (χ3n) is 5.21. The fraction of sp³-hybridized carbons (Fsp3) is 0.783. The van der Waals surface area contributed by atoms with Crippen LogP contribution in [0.2, 0.25) is 0 Å². The van der Waals surface area contributed by atoms with Crippen LogP contribution in [-0.4, -0.2) is 11.7 Å². The van der Waals surface area contributed by atoms with Crippen molar-refractivity contribution in [1.29, 1.82) is 0 Å². The molecule has 0 spiro atoms. The molecule has 1 N–H and O–H groups in total. The fourth-order valence-electron chi connectivity index (χ4n) is 3.79. The Labute approximate surface area is 189 Å². The van der Waals surface area contributed by atoms with Crippen molar-refractivity contribution in [2.75, 3.05) is 6.61 Å². The van der Waals surface area contributed by atoms with Gasteiger partial charge in [0.25, 0.3) is 0 Å². The second kappa shape index (κ2) is 13.7. The molecule has 1 aromatic rings. The minimum absolute atomic E-state index is 0.222. The van der Waals surface area contributed by atoms with Crippen LogP contribution in [0.5, 0.6) is 0 Å². The van der Waals surface area contributed by atoms with Gasteiger partial charge in [-0.2, -0.15) is 4.57 Å². The first-order valence-electron chi connectivity index (χ1n) is 11.8. The van der Waals surface area contributed by atoms with Crippen molar-refractivity contribution < 1.29 is 34.9 Å². The van der Waals surface area contributed by atoms with Crippen molar-refractivity contribution in [3.8, 4) is 0 Å². The molecule has 0 saturated heterocycles. The number of rotatable bonds is 15. The summed E-state index contributed by atoms with van der Waals surface area (Å²) < 4.78 is 61.5. The molecule has 9 heteroatoms. The quantitative estimate of drug-likeness (QED) is 0.112. The summed E-state index contributed by atoms with van der Waals surface area (Å²) in [5.74, 6) is 0. The fourth-order valence-corrected chi connectivity index (χ4v) is 3.79. The third kappa shape index (κ3) is 22.3. The van der Waals surface area contributed by atoms with Crippen molar-refractivity contribution >= 4 is 7.81 Å². The van der Waals surface area contributed by atoms with Crippen LogP contribution in [0.25, 0.3) is 0 Å². The molecule has 0 amide bonds. The molecular weight excluding hydrogens is 451 g/mol. The molecule has 192 valence electrons. The van der Waals surface area contributed by atoms with E-state index in [1.165, 1.54) is 94.0 Å². The summed E-state index contributed by atoms with van der Waals surface area (Å²) in [4.78, 5) is 0. The number of pyridine rings is 1. The Morgan fingerprint density at radius 3 is 1.53 bits per heavy atom. The van der Waals surface area contributed by atoms with Gasteiger partial charge in [-0.15, -0.1) is 0 Å². The molecular formula is C23H42F6NOP. The average molecular weight is 494 g/mol. The summed E-state index contributed by atoms with van der Waals surface area (Å²) >= 11 is 0. The zero-order chi connectivity index (χ0) is 24.7. The number of halogens is 6. The van der Waals surface area contributed by atoms with E-state index in [9.17, 15) is 30.3 Å². The molecule has 0 unspecified atom stereocenters. The molecule has 0 aromatic carbocycles. The van der Waals surface area contributed by atoms with Crippen molar-refractivity contribution in [2.24, 2.45) is 0 Å². The number of aliphatic hydroxyl groups is 1. The van der Waals surface area contributed by atoms with Crippen LogP contribution in [0.1, 0.15) is 101 Å². The number of unbranched alkanes of at least 4 members (excludes halogenated alkanes) is 11. The number of nitrogens with zero attached hydrogens (tertiary/aromatic N) is 1. The molecule has 0 atom stereocenters. The van der Waals surface area contributed by atoms with E-state index in [4.69, 9.17) is 0 Å². The van der Waals surface area contributed by atoms with Crippen LogP contribution in [0.15, 0.2) is 12.1 Å². The van der Waals surface area contributed by atoms with Gasteiger partial charge in [0.15, 0.2) is 17.9 Å². The second-order valence-corrected chi connectivity index (χ2v) is 10.6. The standard InChI is InChI=1S/C23H42NO.F6P/c1-4-5-6-7-8-9-10-11-12-13-14-15-16-23-20-21(2)19-22(3)24(23)17-18-25;1-7(2,3,4,5)6/h19-20,25H,4-18H2,1-3H3;/q+1;-1. The Kier molecular flexibility index (Phi) is 13.4. The molecule has 1 rings (SSSR count). The molecule has 32 heavy (non-hydrogen) atoms. The van der Waals surface area contributed by atoms with Gasteiger partial charge in [-0.1, -0.05) is 77.6 Å². The second-order valence-electron chi connectivity index (χ2n) is 8.64. The zero-order valence-corrected chi connectivity index (χ0v) is 20.8. The number of aromatic nitrogens is 1. The Balaban J connectivity index is 0.00000118. The van der Waals surface area contributed by atoms with Gasteiger partial charge in [0.05, 0.1) is 0 Å². The first-order chi connectivity index (χ1) is 14.6. The van der Waals surface area contributed by atoms with E-state index >= 15 is 0 Å². The van der Waals surface area contributed by atoms with Crippen LogP contribution in [0, 0.1) is 13.8 Å². The maximum atomic E-state index is 9.87. The number of aliphatic hydroxyl groups excluding tert-OH is 1. The van der Waals surface area contributed by atoms with E-state index in [2.05, 4.69) is 37.5 Å². The zero-order valence-electron chi connectivity index (χ0n) is 19.9. The number of hydrogen-bond donors (Lipinski definition) is 1. The predicted molar refractivity (Wildman–Crippen MR) is 122 cm³/mol. The van der Waals surface area contributed by atoms with E-state index in [-0.39, 0.29) is 6.61 Å². The molecule has 0 fully saturated rings. The van der Waals surface area contributed by atoms with Crippen molar-refractivity contribution in [1.82, 2.24) is 0 Å². The molecule has 0 radical (unpaired) electrons. The van der Waals surface area contributed by atoms with Crippen LogP contribution in [0.4, 0.5) is 25.2 Å². The summed E-state index contributed by atoms with van der Waals surface area (Å²) in [6.45, 7) is 7.54. The van der Waals surface area contributed by atoms with E-state index in [1.807, 2.05) is 0 Å². The number of aryl methyl sites for hydroxylation is 3. The first-order valence-corrected chi connectivity index (χ1v) is 13.8. The van der Waals surface area contributed by atoms with Crippen LogP contribution >= 0.6 is 7.81 Å². The summed E-state index contributed by atoms with van der Waals surface area (Å²) in [6.07, 6.45) is 17.9. The van der Waals surface area contributed by atoms with Gasteiger partial charge in [-0.3, -0.25) is 0 Å². The van der Waals surface area contributed by atoms with Crippen LogP contribution < -0.4 is 4.57 Å². The molecule has 0 saturated carbocycles. The monoisotopic (exact) mass is 493 g/mol. The van der Waals surface area contributed by atoms with Crippen LogP contribution in [0.3, 0.4) is 0 Å². The minimum atomic E-state index is -10.7. The average Bonchev–Trinajstić information content (AvgIpc) is 2.62. The Hall–Kier alpha value is -0.880. The molecule has 2 nitrogen and oxygen atoms in total. The van der Waals surface area contributed by atoms with Crippen molar-refractivity contribution in [3.63, 3.8) is 0 Å². The van der Waals surface area contributed by atoms with Gasteiger partial charge in [0, 0.05) is 25.5 Å². The molecule has 0 aliphatic carbocycles. The number of hydrogen-bond acceptors (Lipinski definition) is 1. The van der Waals surface area contributed by atoms with Gasteiger partial charge in [0.2, 0.25) is 0 Å². The topological polar surface area (TPSA) is 24.1 Å². The summed E-state index contributed by atoms with van der Waals surface area (Å²) in [6, 6.07) is 4.50. The summed E-state index contributed by atoms with van der Waals surface area (Å²) in [5, 5.41) is 9.29. The third-order valence-corrected chi connectivity index (χ3v) is 5.21. The predicted octanol–water partition coefficient (Wildman–Crippen LogP) is 9.21. The summed E-state index contributed by atoms with van der Waals surface area (Å²) in [7, 11) is -10.7. The summed E-state index contributed by atoms with van der Waals surface area (Å²) in [5.41, 5.74) is 3.99. The van der Waals surface area contributed by atoms with Crippen molar-refractivity contribution in [3.05, 3.63) is 29.1 Å². The van der Waals surface area contributed by atoms with E-state index < -0.39 is 7.81 Å². The Morgan fingerprint density at radius 1 is 0.719 bits per heavy atom. The van der Waals surface area contributed by atoms with Crippen molar-refractivity contribution in [2.45, 2.75) is 111 Å². The van der Waals surface area contributed by atoms with Gasteiger partial charge in [-0.25, -0.2) is 0 Å². The van der Waals surface area contributed by atoms with Gasteiger partial charge in [0.1, 0.15) is 6.61 Å². The van der Waals surface area contributed by atoms with Gasteiger partial charge < -0.3 is 5.11 Å². The van der Waals surface area contributed by atoms with E-state index in [0.717, 1.165) is 13.0 Å². The van der Waals surface area contributed by atoms with Gasteiger partial charge >= 0.3 is 33.0 Å². The normalized spacial score (nSPS) is 13.8.